The molecule has 166 valence electrons. The van der Waals surface area contributed by atoms with Crippen LogP contribution in [0.25, 0.3) is 16.9 Å². The Labute approximate surface area is 188 Å². The Balaban J connectivity index is 1.29. The van der Waals surface area contributed by atoms with Crippen LogP contribution in [0.3, 0.4) is 0 Å². The van der Waals surface area contributed by atoms with Crippen LogP contribution in [-0.2, 0) is 0 Å². The molecule has 9 nitrogen and oxygen atoms in total. The van der Waals surface area contributed by atoms with Crippen molar-refractivity contribution in [3.8, 4) is 11.3 Å². The molecule has 2 N–H and O–H groups in total. The third kappa shape index (κ3) is 3.36. The molecule has 0 bridgehead atoms. The molecule has 1 aromatic carbocycles. The summed E-state index contributed by atoms with van der Waals surface area (Å²) in [7, 11) is 0. The van der Waals surface area contributed by atoms with Gasteiger partial charge in [-0.2, -0.15) is 5.10 Å². The van der Waals surface area contributed by atoms with Gasteiger partial charge in [0.2, 0.25) is 0 Å². The number of benzene rings is 1. The largest absolute Gasteiger partial charge is 0.338 e. The van der Waals surface area contributed by atoms with Gasteiger partial charge in [0.05, 0.1) is 11.3 Å². The average Bonchev–Trinajstić information content (AvgIpc) is 3.44. The van der Waals surface area contributed by atoms with Crippen molar-refractivity contribution in [1.82, 2.24) is 29.5 Å². The Morgan fingerprint density at radius 1 is 1.12 bits per heavy atom. The van der Waals surface area contributed by atoms with Gasteiger partial charge in [-0.1, -0.05) is 19.1 Å². The lowest BCUT2D eigenvalue weighted by Gasteiger charge is -2.37. The number of imidazole rings is 1. The first kappa shape index (κ1) is 19.7. The first-order valence-corrected chi connectivity index (χ1v) is 11.0. The smallest absolute Gasteiger partial charge is 0.325 e. The van der Waals surface area contributed by atoms with E-state index in [1.54, 1.807) is 16.9 Å². The van der Waals surface area contributed by atoms with Crippen LogP contribution in [0.4, 0.5) is 0 Å². The summed E-state index contributed by atoms with van der Waals surface area (Å²) in [6.07, 6.45) is 5.76. The van der Waals surface area contributed by atoms with Gasteiger partial charge in [-0.3, -0.25) is 14.6 Å². The Bertz CT molecular complexity index is 1490. The van der Waals surface area contributed by atoms with Crippen molar-refractivity contribution < 1.29 is 4.79 Å². The Kier molecular flexibility index (Phi) is 4.33. The van der Waals surface area contributed by atoms with Crippen molar-refractivity contribution in [2.24, 2.45) is 5.92 Å². The van der Waals surface area contributed by atoms with E-state index in [2.05, 4.69) is 27.0 Å². The third-order valence-corrected chi connectivity index (χ3v) is 6.61. The first-order chi connectivity index (χ1) is 16.0. The normalized spacial score (nSPS) is 20.1. The number of fused-ring (bicyclic) bond motifs is 1. The van der Waals surface area contributed by atoms with E-state index in [1.165, 1.54) is 11.8 Å². The fraction of sp³-hybridized carbons (Fsp3) is 0.292. The molecule has 33 heavy (non-hydrogen) atoms. The molecule has 1 aliphatic carbocycles. The van der Waals surface area contributed by atoms with Gasteiger partial charge in [0.1, 0.15) is 0 Å². The highest BCUT2D eigenvalue weighted by Crippen LogP contribution is 2.55. The topological polar surface area (TPSA) is 116 Å². The third-order valence-electron chi connectivity index (χ3n) is 6.61. The summed E-state index contributed by atoms with van der Waals surface area (Å²) < 4.78 is 1.67. The summed E-state index contributed by atoms with van der Waals surface area (Å²) in [5, 5.41) is 4.50. The number of H-pyrrole nitrogens is 2. The summed E-state index contributed by atoms with van der Waals surface area (Å²) in [4.78, 5) is 47.4. The molecule has 2 fully saturated rings. The molecular formula is C24H22N6O3. The molecule has 1 saturated heterocycles. The second-order valence-corrected chi connectivity index (χ2v) is 9.05. The van der Waals surface area contributed by atoms with Crippen molar-refractivity contribution in [1.29, 1.82) is 0 Å². The van der Waals surface area contributed by atoms with E-state index in [0.717, 1.165) is 36.3 Å². The molecule has 0 unspecified atom stereocenters. The predicted molar refractivity (Wildman–Crippen MR) is 121 cm³/mol. The molecule has 2 aliphatic rings. The molecule has 2 atom stereocenters. The van der Waals surface area contributed by atoms with Crippen LogP contribution in [-0.4, -0.2) is 48.5 Å². The number of amides is 1. The van der Waals surface area contributed by atoms with Crippen LogP contribution in [0.15, 0.2) is 58.5 Å². The molecule has 0 spiro atoms. The number of hydrogen-bond donors (Lipinski definition) is 2. The van der Waals surface area contributed by atoms with Crippen LogP contribution in [0.2, 0.25) is 0 Å². The van der Waals surface area contributed by atoms with Crippen molar-refractivity contribution in [2.75, 3.05) is 13.1 Å². The van der Waals surface area contributed by atoms with Crippen molar-refractivity contribution in [3.63, 3.8) is 0 Å². The van der Waals surface area contributed by atoms with Crippen molar-refractivity contribution in [3.05, 3.63) is 86.5 Å². The minimum absolute atomic E-state index is 0.0935. The number of rotatable bonds is 4. The predicted octanol–water partition coefficient (Wildman–Crippen LogP) is 2.14. The van der Waals surface area contributed by atoms with Gasteiger partial charge in [0.25, 0.3) is 11.5 Å². The summed E-state index contributed by atoms with van der Waals surface area (Å²) in [5.41, 5.74) is 3.40. The van der Waals surface area contributed by atoms with Gasteiger partial charge >= 0.3 is 5.69 Å². The van der Waals surface area contributed by atoms with Gasteiger partial charge in [-0.15, -0.1) is 0 Å². The van der Waals surface area contributed by atoms with Crippen molar-refractivity contribution >= 4 is 11.6 Å². The van der Waals surface area contributed by atoms with Crippen LogP contribution in [0.5, 0.6) is 0 Å². The summed E-state index contributed by atoms with van der Waals surface area (Å²) >= 11 is 0. The van der Waals surface area contributed by atoms with Gasteiger partial charge in [-0.25, -0.2) is 14.3 Å². The minimum Gasteiger partial charge on any atom is -0.338 e. The molecule has 4 heterocycles. The first-order valence-electron chi connectivity index (χ1n) is 11.0. The molecule has 1 aliphatic heterocycles. The fourth-order valence-corrected chi connectivity index (χ4v) is 4.77. The minimum atomic E-state index is -0.555. The zero-order chi connectivity index (χ0) is 22.7. The number of carbonyl (C=O) groups is 1. The number of aromatic amines is 2. The number of likely N-dealkylation sites (tertiary alicyclic amines) is 1. The zero-order valence-electron chi connectivity index (χ0n) is 18.0. The maximum absolute atomic E-state index is 12.6. The van der Waals surface area contributed by atoms with Crippen LogP contribution >= 0.6 is 0 Å². The van der Waals surface area contributed by atoms with Crippen LogP contribution in [0, 0.1) is 5.92 Å². The van der Waals surface area contributed by atoms with E-state index < -0.39 is 11.2 Å². The maximum Gasteiger partial charge on any atom is 0.325 e. The lowest BCUT2D eigenvalue weighted by molar-refractivity contribution is 0.0530. The quantitative estimate of drug-likeness (QED) is 0.502. The monoisotopic (exact) mass is 442 g/mol. The second kappa shape index (κ2) is 7.26. The van der Waals surface area contributed by atoms with E-state index in [1.807, 2.05) is 35.2 Å². The molecule has 1 amide bonds. The number of carbonyl (C=O) groups excluding carboxylic acids is 1. The molecule has 9 heteroatoms. The van der Waals surface area contributed by atoms with Crippen LogP contribution < -0.4 is 11.2 Å². The van der Waals surface area contributed by atoms with E-state index in [-0.39, 0.29) is 11.8 Å². The number of nitrogens with one attached hydrogen (secondary N) is 2. The Morgan fingerprint density at radius 2 is 1.91 bits per heavy atom. The van der Waals surface area contributed by atoms with Gasteiger partial charge in [-0.05, 0) is 47.9 Å². The lowest BCUT2D eigenvalue weighted by Crippen LogP contribution is -2.48. The van der Waals surface area contributed by atoms with E-state index in [4.69, 9.17) is 0 Å². The lowest BCUT2D eigenvalue weighted by atomic mass is 9.99. The number of hydrogen-bond acceptors (Lipinski definition) is 5. The van der Waals surface area contributed by atoms with Crippen LogP contribution in [0.1, 0.15) is 46.7 Å². The second-order valence-electron chi connectivity index (χ2n) is 9.05. The van der Waals surface area contributed by atoms with E-state index >= 15 is 0 Å². The summed E-state index contributed by atoms with van der Waals surface area (Å²) in [6.45, 7) is 3.80. The molecule has 6 rings (SSSR count). The van der Waals surface area contributed by atoms with Gasteiger partial charge < -0.3 is 9.88 Å². The van der Waals surface area contributed by atoms with Gasteiger partial charge in [0.15, 0.2) is 5.65 Å². The highest BCUT2D eigenvalue weighted by atomic mass is 16.2. The fourth-order valence-electron chi connectivity index (χ4n) is 4.77. The molecule has 3 aromatic heterocycles. The zero-order valence-corrected chi connectivity index (χ0v) is 18.0. The molecule has 0 radical (unpaired) electrons. The standard InChI is InChI=1S/C24H22N6O3/c1-13-11-29(12-13)23(32)15-4-2-14(3-5-15)16-8-17(16)18-9-20(28-30-7-6-25-21(18)30)19-10-26-24(33)27-22(19)31/h2-7,9-10,13,16-17H,8,11-12H2,1H3,(H2,26,27,31,33)/t16-,17+/m1/s1. The Morgan fingerprint density at radius 3 is 2.64 bits per heavy atom. The van der Waals surface area contributed by atoms with Gasteiger partial charge in [0, 0.05) is 42.8 Å². The highest BCUT2D eigenvalue weighted by Gasteiger charge is 2.41. The summed E-state index contributed by atoms with van der Waals surface area (Å²) in [6, 6.07) is 9.80. The summed E-state index contributed by atoms with van der Waals surface area (Å²) in [5.74, 6) is 1.21. The van der Waals surface area contributed by atoms with E-state index in [0.29, 0.717) is 23.1 Å². The number of aromatic nitrogens is 5. The molecule has 4 aromatic rings. The molecular weight excluding hydrogens is 420 g/mol. The average molecular weight is 442 g/mol. The Hall–Kier alpha value is -4.01. The highest BCUT2D eigenvalue weighted by molar-refractivity contribution is 5.94. The molecule has 1 saturated carbocycles. The SMILES string of the molecule is CC1CN(C(=O)c2ccc([C@H]3C[C@@H]3c3cc(-c4c[nH]c(=O)[nH]c4=O)nn4ccnc34)cc2)C1. The van der Waals surface area contributed by atoms with E-state index in [9.17, 15) is 14.4 Å². The van der Waals surface area contributed by atoms with Crippen molar-refractivity contribution in [2.45, 2.75) is 25.2 Å². The maximum atomic E-state index is 12.6. The number of nitrogens with zero attached hydrogens (tertiary/aromatic N) is 4.